The van der Waals surface area contributed by atoms with Gasteiger partial charge in [0.25, 0.3) is 0 Å². The van der Waals surface area contributed by atoms with Crippen molar-refractivity contribution in [2.75, 3.05) is 19.8 Å². The Morgan fingerprint density at radius 3 is 1.03 bits per heavy atom. The van der Waals surface area contributed by atoms with Gasteiger partial charge in [-0.1, -0.05) is 258 Å². The van der Waals surface area contributed by atoms with E-state index in [0.717, 1.165) is 38.5 Å². The van der Waals surface area contributed by atoms with Crippen molar-refractivity contribution >= 4 is 11.9 Å². The van der Waals surface area contributed by atoms with Gasteiger partial charge in [-0.15, -0.1) is 0 Å². The zero-order chi connectivity index (χ0) is 43.5. The Balaban J connectivity index is 4.19. The van der Waals surface area contributed by atoms with Gasteiger partial charge in [0.15, 0.2) is 6.10 Å². The average molecular weight is 847 g/mol. The molecule has 0 rings (SSSR count). The van der Waals surface area contributed by atoms with Crippen molar-refractivity contribution in [2.45, 2.75) is 309 Å². The maximum absolute atomic E-state index is 12.8. The van der Waals surface area contributed by atoms with E-state index >= 15 is 0 Å². The third kappa shape index (κ3) is 49.3. The van der Waals surface area contributed by atoms with Crippen LogP contribution in [0.1, 0.15) is 303 Å². The maximum Gasteiger partial charge on any atom is 0.306 e. The lowest BCUT2D eigenvalue weighted by Crippen LogP contribution is -2.30. The molecule has 0 bridgehead atoms. The van der Waals surface area contributed by atoms with Crippen LogP contribution in [-0.4, -0.2) is 37.9 Å². The van der Waals surface area contributed by atoms with Crippen molar-refractivity contribution in [3.05, 3.63) is 12.2 Å². The normalized spacial score (nSPS) is 12.1. The first kappa shape index (κ1) is 58.6. The van der Waals surface area contributed by atoms with Crippen LogP contribution in [0.2, 0.25) is 0 Å². The number of unbranched alkanes of at least 4 members (excludes halogenated alkanes) is 38. The summed E-state index contributed by atoms with van der Waals surface area (Å²) in [6, 6.07) is 0. The molecule has 0 radical (unpaired) electrons. The molecule has 0 aromatic heterocycles. The highest BCUT2D eigenvalue weighted by molar-refractivity contribution is 5.70. The molecule has 0 aliphatic rings. The Morgan fingerprint density at radius 1 is 0.350 bits per heavy atom. The monoisotopic (exact) mass is 847 g/mol. The minimum Gasteiger partial charge on any atom is -0.462 e. The van der Waals surface area contributed by atoms with E-state index in [1.807, 2.05) is 0 Å². The van der Waals surface area contributed by atoms with E-state index in [4.69, 9.17) is 14.2 Å². The number of carbonyl (C=O) groups is 2. The molecular formula is C55H106O5. The lowest BCUT2D eigenvalue weighted by atomic mass is 10.0. The number of rotatable bonds is 51. The molecule has 0 N–H and O–H groups in total. The van der Waals surface area contributed by atoms with Crippen LogP contribution in [-0.2, 0) is 23.8 Å². The van der Waals surface area contributed by atoms with E-state index in [9.17, 15) is 9.59 Å². The third-order valence-electron chi connectivity index (χ3n) is 12.3. The quantitative estimate of drug-likeness (QED) is 0.0347. The molecule has 5 nitrogen and oxygen atoms in total. The van der Waals surface area contributed by atoms with Crippen LogP contribution in [0.25, 0.3) is 0 Å². The Hall–Kier alpha value is -1.36. The fourth-order valence-corrected chi connectivity index (χ4v) is 8.21. The van der Waals surface area contributed by atoms with E-state index in [-0.39, 0.29) is 18.5 Å². The summed E-state index contributed by atoms with van der Waals surface area (Å²) in [7, 11) is 0. The molecule has 1 atom stereocenters. The topological polar surface area (TPSA) is 61.8 Å². The molecule has 60 heavy (non-hydrogen) atoms. The molecule has 0 spiro atoms. The molecule has 0 aliphatic carbocycles. The van der Waals surface area contributed by atoms with Crippen LogP contribution in [0.4, 0.5) is 0 Å². The predicted molar refractivity (Wildman–Crippen MR) is 261 cm³/mol. The maximum atomic E-state index is 12.8. The molecule has 0 saturated heterocycles. The van der Waals surface area contributed by atoms with E-state index in [1.54, 1.807) is 0 Å². The summed E-state index contributed by atoms with van der Waals surface area (Å²) in [5.74, 6) is -0.377. The van der Waals surface area contributed by atoms with E-state index in [2.05, 4.69) is 32.9 Å². The first-order valence-corrected chi connectivity index (χ1v) is 27.2. The van der Waals surface area contributed by atoms with E-state index in [1.165, 1.54) is 231 Å². The molecular weight excluding hydrogens is 741 g/mol. The Kier molecular flexibility index (Phi) is 50.8. The minimum atomic E-state index is -0.529. The largest absolute Gasteiger partial charge is 0.462 e. The fourth-order valence-electron chi connectivity index (χ4n) is 8.21. The van der Waals surface area contributed by atoms with Gasteiger partial charge in [0.1, 0.15) is 6.61 Å². The standard InChI is InChI=1S/C55H106O5/c1-4-7-10-13-16-19-22-25-27-28-29-31-33-36-39-42-45-48-54(56)59-52-53(51-58-50-47-44-41-38-35-32-26-23-20-17-14-11-8-5-2)60-55(57)49-46-43-40-37-34-30-24-21-18-15-12-9-6-3/h20,23,53H,4-19,21-22,24-52H2,1-3H3/b23-20-. The molecule has 356 valence electrons. The van der Waals surface area contributed by atoms with Crippen LogP contribution in [0.3, 0.4) is 0 Å². The summed E-state index contributed by atoms with van der Waals surface area (Å²) in [5, 5.41) is 0. The second-order valence-electron chi connectivity index (χ2n) is 18.5. The van der Waals surface area contributed by atoms with E-state index in [0.29, 0.717) is 26.1 Å². The highest BCUT2D eigenvalue weighted by Crippen LogP contribution is 2.16. The summed E-state index contributed by atoms with van der Waals surface area (Å²) >= 11 is 0. The van der Waals surface area contributed by atoms with Crippen molar-refractivity contribution in [1.82, 2.24) is 0 Å². The summed E-state index contributed by atoms with van der Waals surface area (Å²) in [6.07, 6.45) is 59.3. The van der Waals surface area contributed by atoms with Gasteiger partial charge in [-0.25, -0.2) is 0 Å². The van der Waals surface area contributed by atoms with Crippen LogP contribution >= 0.6 is 0 Å². The zero-order valence-corrected chi connectivity index (χ0v) is 41.0. The Labute approximate surface area is 375 Å². The van der Waals surface area contributed by atoms with Gasteiger partial charge in [-0.05, 0) is 44.9 Å². The molecule has 0 amide bonds. The first-order chi connectivity index (χ1) is 29.6. The van der Waals surface area contributed by atoms with Gasteiger partial charge in [-0.2, -0.15) is 0 Å². The second-order valence-corrected chi connectivity index (χ2v) is 18.5. The van der Waals surface area contributed by atoms with Gasteiger partial charge < -0.3 is 14.2 Å². The SMILES string of the molecule is CCCCCC/C=C\CCCCCCCCOCC(COC(=O)CCCCCCCCCCCCCCCCCCC)OC(=O)CCCCCCCCCCCCCCC. The molecule has 0 aromatic carbocycles. The first-order valence-electron chi connectivity index (χ1n) is 27.2. The average Bonchev–Trinajstić information content (AvgIpc) is 3.25. The lowest BCUT2D eigenvalue weighted by molar-refractivity contribution is -0.163. The van der Waals surface area contributed by atoms with Crippen LogP contribution in [0, 0.1) is 0 Å². The second kappa shape index (κ2) is 52.0. The van der Waals surface area contributed by atoms with E-state index < -0.39 is 6.10 Å². The number of esters is 2. The molecule has 0 aliphatic heterocycles. The molecule has 0 heterocycles. The van der Waals surface area contributed by atoms with Crippen molar-refractivity contribution < 1.29 is 23.8 Å². The highest BCUT2D eigenvalue weighted by atomic mass is 16.6. The number of hydrogen-bond donors (Lipinski definition) is 0. The van der Waals surface area contributed by atoms with Crippen molar-refractivity contribution in [2.24, 2.45) is 0 Å². The van der Waals surface area contributed by atoms with Crippen molar-refractivity contribution in [3.63, 3.8) is 0 Å². The van der Waals surface area contributed by atoms with Gasteiger partial charge in [0.2, 0.25) is 0 Å². The minimum absolute atomic E-state index is 0.0926. The van der Waals surface area contributed by atoms with Crippen LogP contribution in [0.5, 0.6) is 0 Å². The van der Waals surface area contributed by atoms with Crippen LogP contribution < -0.4 is 0 Å². The number of ether oxygens (including phenoxy) is 3. The van der Waals surface area contributed by atoms with Gasteiger partial charge >= 0.3 is 11.9 Å². The van der Waals surface area contributed by atoms with Gasteiger partial charge in [0.05, 0.1) is 6.61 Å². The zero-order valence-electron chi connectivity index (χ0n) is 41.0. The number of carbonyl (C=O) groups excluding carboxylic acids is 2. The van der Waals surface area contributed by atoms with Gasteiger partial charge in [0, 0.05) is 19.4 Å². The molecule has 0 fully saturated rings. The van der Waals surface area contributed by atoms with Gasteiger partial charge in [-0.3, -0.25) is 9.59 Å². The van der Waals surface area contributed by atoms with Crippen molar-refractivity contribution in [1.29, 1.82) is 0 Å². The lowest BCUT2D eigenvalue weighted by Gasteiger charge is -2.18. The predicted octanol–water partition coefficient (Wildman–Crippen LogP) is 18.2. The summed E-state index contributed by atoms with van der Waals surface area (Å²) in [5.41, 5.74) is 0. The van der Waals surface area contributed by atoms with Crippen LogP contribution in [0.15, 0.2) is 12.2 Å². The molecule has 1 unspecified atom stereocenters. The molecule has 0 saturated carbocycles. The third-order valence-corrected chi connectivity index (χ3v) is 12.3. The Bertz CT molecular complexity index is 871. The summed E-state index contributed by atoms with van der Waals surface area (Å²) in [4.78, 5) is 25.4. The number of hydrogen-bond acceptors (Lipinski definition) is 5. The molecule has 0 aromatic rings. The van der Waals surface area contributed by atoms with Crippen molar-refractivity contribution in [3.8, 4) is 0 Å². The summed E-state index contributed by atoms with van der Waals surface area (Å²) in [6.45, 7) is 7.87. The molecule has 5 heteroatoms. The fraction of sp³-hybridized carbons (Fsp3) is 0.927. The number of allylic oxidation sites excluding steroid dienone is 2. The smallest absolute Gasteiger partial charge is 0.306 e. The highest BCUT2D eigenvalue weighted by Gasteiger charge is 2.17. The Morgan fingerprint density at radius 2 is 0.650 bits per heavy atom. The summed E-state index contributed by atoms with van der Waals surface area (Å²) < 4.78 is 17.4.